The van der Waals surface area contributed by atoms with Crippen LogP contribution in [0.1, 0.15) is 42.9 Å². The number of benzene rings is 1. The standard InChI is InChI=1S/C19H23N3O2/c23-19-2-1-10-21-22(19)17-6-4-16(5-7-17)20-13-14-3-8-18-15(12-14)9-11-24-18/h1-3,8,10,12,16-17,20H,4-7,9,11,13H2. The Morgan fingerprint density at radius 1 is 1.21 bits per heavy atom. The molecular weight excluding hydrogens is 302 g/mol. The average molecular weight is 325 g/mol. The molecule has 24 heavy (non-hydrogen) atoms. The van der Waals surface area contributed by atoms with Gasteiger partial charge in [0.05, 0.1) is 12.6 Å². The predicted molar refractivity (Wildman–Crippen MR) is 92.3 cm³/mol. The van der Waals surface area contributed by atoms with Crippen molar-refractivity contribution in [2.45, 2.75) is 50.7 Å². The van der Waals surface area contributed by atoms with Gasteiger partial charge in [0.1, 0.15) is 5.75 Å². The quantitative estimate of drug-likeness (QED) is 0.938. The third-order valence-corrected chi connectivity index (χ3v) is 5.13. The molecule has 1 aromatic carbocycles. The van der Waals surface area contributed by atoms with Gasteiger partial charge in [-0.1, -0.05) is 12.1 Å². The highest BCUT2D eigenvalue weighted by Crippen LogP contribution is 2.28. The first-order valence-corrected chi connectivity index (χ1v) is 8.81. The highest BCUT2D eigenvalue weighted by molar-refractivity contribution is 5.39. The van der Waals surface area contributed by atoms with E-state index in [0.717, 1.165) is 51.0 Å². The van der Waals surface area contributed by atoms with Crippen LogP contribution in [0.3, 0.4) is 0 Å². The summed E-state index contributed by atoms with van der Waals surface area (Å²) in [6.07, 6.45) is 6.90. The minimum atomic E-state index is 0.00858. The Kier molecular flexibility index (Phi) is 4.34. The molecule has 0 bridgehead atoms. The topological polar surface area (TPSA) is 56.2 Å². The van der Waals surface area contributed by atoms with Gasteiger partial charge in [-0.3, -0.25) is 4.79 Å². The van der Waals surface area contributed by atoms with E-state index >= 15 is 0 Å². The lowest BCUT2D eigenvalue weighted by Gasteiger charge is -2.29. The van der Waals surface area contributed by atoms with Crippen molar-refractivity contribution < 1.29 is 4.74 Å². The van der Waals surface area contributed by atoms with Crippen LogP contribution in [0.4, 0.5) is 0 Å². The average Bonchev–Trinajstić information content (AvgIpc) is 3.09. The fourth-order valence-electron chi connectivity index (χ4n) is 3.78. The van der Waals surface area contributed by atoms with Crippen LogP contribution in [-0.4, -0.2) is 22.4 Å². The van der Waals surface area contributed by atoms with Gasteiger partial charge in [-0.25, -0.2) is 4.68 Å². The summed E-state index contributed by atoms with van der Waals surface area (Å²) >= 11 is 0. The molecule has 0 spiro atoms. The summed E-state index contributed by atoms with van der Waals surface area (Å²) in [5.41, 5.74) is 2.66. The van der Waals surface area contributed by atoms with Crippen LogP contribution in [-0.2, 0) is 13.0 Å². The van der Waals surface area contributed by atoms with Crippen LogP contribution in [0.15, 0.2) is 41.3 Å². The van der Waals surface area contributed by atoms with E-state index in [2.05, 4.69) is 28.6 Å². The van der Waals surface area contributed by atoms with Gasteiger partial charge < -0.3 is 10.1 Å². The molecule has 0 radical (unpaired) electrons. The van der Waals surface area contributed by atoms with Crippen LogP contribution >= 0.6 is 0 Å². The fourth-order valence-corrected chi connectivity index (χ4v) is 3.78. The fraction of sp³-hybridized carbons (Fsp3) is 0.474. The zero-order valence-corrected chi connectivity index (χ0v) is 13.8. The van der Waals surface area contributed by atoms with E-state index in [1.807, 2.05) is 0 Å². The van der Waals surface area contributed by atoms with Gasteiger partial charge in [0.2, 0.25) is 0 Å². The molecule has 1 aromatic heterocycles. The second-order valence-electron chi connectivity index (χ2n) is 6.73. The number of nitrogens with zero attached hydrogens (tertiary/aromatic N) is 2. The number of aromatic nitrogens is 2. The molecule has 1 aliphatic carbocycles. The summed E-state index contributed by atoms with van der Waals surface area (Å²) < 4.78 is 7.21. The molecule has 2 aliphatic rings. The Bertz CT molecular complexity index is 763. The van der Waals surface area contributed by atoms with E-state index in [1.54, 1.807) is 23.0 Å². The summed E-state index contributed by atoms with van der Waals surface area (Å²) in [6.45, 7) is 1.70. The maximum Gasteiger partial charge on any atom is 0.266 e. The summed E-state index contributed by atoms with van der Waals surface area (Å²) in [7, 11) is 0. The zero-order chi connectivity index (χ0) is 16.4. The number of ether oxygens (including phenoxy) is 1. The van der Waals surface area contributed by atoms with E-state index in [-0.39, 0.29) is 11.6 Å². The monoisotopic (exact) mass is 325 g/mol. The van der Waals surface area contributed by atoms with Crippen LogP contribution in [0.25, 0.3) is 0 Å². The minimum Gasteiger partial charge on any atom is -0.493 e. The van der Waals surface area contributed by atoms with Gasteiger partial charge in [0.25, 0.3) is 5.56 Å². The van der Waals surface area contributed by atoms with Gasteiger partial charge in [0, 0.05) is 31.3 Å². The smallest absolute Gasteiger partial charge is 0.266 e. The number of hydrogen-bond donors (Lipinski definition) is 1. The first-order chi connectivity index (χ1) is 11.8. The van der Waals surface area contributed by atoms with Gasteiger partial charge in [-0.15, -0.1) is 0 Å². The highest BCUT2D eigenvalue weighted by Gasteiger charge is 2.23. The van der Waals surface area contributed by atoms with Crippen molar-refractivity contribution in [1.29, 1.82) is 0 Å². The molecule has 0 atom stereocenters. The van der Waals surface area contributed by atoms with Crippen molar-refractivity contribution in [3.8, 4) is 5.75 Å². The normalized spacial score (nSPS) is 22.8. The van der Waals surface area contributed by atoms with Crippen LogP contribution in [0.2, 0.25) is 0 Å². The maximum atomic E-state index is 11.9. The molecule has 0 unspecified atom stereocenters. The molecule has 1 N–H and O–H groups in total. The second kappa shape index (κ2) is 6.77. The number of fused-ring (bicyclic) bond motifs is 1. The minimum absolute atomic E-state index is 0.00858. The first kappa shape index (κ1) is 15.4. The van der Waals surface area contributed by atoms with E-state index in [4.69, 9.17) is 4.74 Å². The lowest BCUT2D eigenvalue weighted by atomic mass is 9.91. The number of rotatable bonds is 4. The first-order valence-electron chi connectivity index (χ1n) is 8.81. The third kappa shape index (κ3) is 3.22. The highest BCUT2D eigenvalue weighted by atomic mass is 16.5. The molecule has 126 valence electrons. The van der Waals surface area contributed by atoms with Crippen molar-refractivity contribution in [2.24, 2.45) is 0 Å². The van der Waals surface area contributed by atoms with Gasteiger partial charge in [-0.2, -0.15) is 5.10 Å². The van der Waals surface area contributed by atoms with Crippen LogP contribution in [0, 0.1) is 0 Å². The van der Waals surface area contributed by atoms with Crippen molar-refractivity contribution >= 4 is 0 Å². The Morgan fingerprint density at radius 2 is 2.08 bits per heavy atom. The van der Waals surface area contributed by atoms with E-state index in [0.29, 0.717) is 6.04 Å². The van der Waals surface area contributed by atoms with Crippen LogP contribution in [0.5, 0.6) is 5.75 Å². The Labute approximate surface area is 141 Å². The molecular formula is C19H23N3O2. The SMILES string of the molecule is O=c1cccnn1C1CCC(NCc2ccc3c(c2)CCO3)CC1. The molecule has 1 aliphatic heterocycles. The largest absolute Gasteiger partial charge is 0.493 e. The molecule has 4 rings (SSSR count). The van der Waals surface area contributed by atoms with Crippen molar-refractivity contribution in [3.05, 3.63) is 58.0 Å². The molecule has 5 nitrogen and oxygen atoms in total. The molecule has 1 fully saturated rings. The van der Waals surface area contributed by atoms with E-state index in [9.17, 15) is 4.79 Å². The molecule has 2 heterocycles. The number of nitrogens with one attached hydrogen (secondary N) is 1. The summed E-state index contributed by atoms with van der Waals surface area (Å²) in [6, 6.07) is 10.6. The Morgan fingerprint density at radius 3 is 2.92 bits per heavy atom. The van der Waals surface area contributed by atoms with Gasteiger partial charge in [-0.05, 0) is 48.9 Å². The van der Waals surface area contributed by atoms with Crippen molar-refractivity contribution in [1.82, 2.24) is 15.1 Å². The molecule has 5 heteroatoms. The van der Waals surface area contributed by atoms with E-state index in [1.165, 1.54) is 11.1 Å². The molecule has 2 aromatic rings. The molecule has 0 amide bonds. The van der Waals surface area contributed by atoms with Crippen LogP contribution < -0.4 is 15.6 Å². The van der Waals surface area contributed by atoms with Crippen molar-refractivity contribution in [2.75, 3.05) is 6.61 Å². The zero-order valence-electron chi connectivity index (χ0n) is 13.8. The Balaban J connectivity index is 1.31. The van der Waals surface area contributed by atoms with Gasteiger partial charge in [0.15, 0.2) is 0 Å². The lowest BCUT2D eigenvalue weighted by molar-refractivity contribution is 0.268. The second-order valence-corrected chi connectivity index (χ2v) is 6.73. The lowest BCUT2D eigenvalue weighted by Crippen LogP contribution is -2.36. The molecule has 0 saturated heterocycles. The predicted octanol–water partition coefficient (Wildman–Crippen LogP) is 2.45. The summed E-state index contributed by atoms with van der Waals surface area (Å²) in [4.78, 5) is 11.9. The maximum absolute atomic E-state index is 11.9. The number of hydrogen-bond acceptors (Lipinski definition) is 4. The third-order valence-electron chi connectivity index (χ3n) is 5.13. The Hall–Kier alpha value is -2.14. The van der Waals surface area contributed by atoms with Gasteiger partial charge >= 0.3 is 0 Å². The van der Waals surface area contributed by atoms with E-state index < -0.39 is 0 Å². The summed E-state index contributed by atoms with van der Waals surface area (Å²) in [5.74, 6) is 1.04. The van der Waals surface area contributed by atoms with Crippen molar-refractivity contribution in [3.63, 3.8) is 0 Å². The molecule has 1 saturated carbocycles. The summed E-state index contributed by atoms with van der Waals surface area (Å²) in [5, 5.41) is 7.89.